The number of aliphatic hydroxyl groups excluding tert-OH is 1. The number of hydrogen-bond acceptors (Lipinski definition) is 3. The molecule has 2 aliphatic rings. The molecule has 2 atom stereocenters. The molecular weight excluding hydrogens is 188 g/mol. The Morgan fingerprint density at radius 2 is 2.00 bits per heavy atom. The van der Waals surface area contributed by atoms with E-state index in [2.05, 4.69) is 16.8 Å². The van der Waals surface area contributed by atoms with Gasteiger partial charge in [-0.25, -0.2) is 0 Å². The normalized spacial score (nSPS) is 34.8. The first-order valence-electron chi connectivity index (χ1n) is 6.29. The maximum absolute atomic E-state index is 9.10. The van der Waals surface area contributed by atoms with Crippen molar-refractivity contribution in [3.05, 3.63) is 0 Å². The van der Waals surface area contributed by atoms with Crippen molar-refractivity contribution < 1.29 is 5.11 Å². The number of piperidine rings is 1. The molecule has 0 amide bonds. The summed E-state index contributed by atoms with van der Waals surface area (Å²) in [5, 5.41) is 9.10. The van der Waals surface area contributed by atoms with Crippen molar-refractivity contribution in [2.24, 2.45) is 11.8 Å². The Hall–Kier alpha value is -0.120. The molecule has 0 aromatic rings. The van der Waals surface area contributed by atoms with Gasteiger partial charge in [0.2, 0.25) is 0 Å². The minimum atomic E-state index is 0.376. The monoisotopic (exact) mass is 212 g/mol. The second kappa shape index (κ2) is 5.28. The van der Waals surface area contributed by atoms with E-state index in [0.717, 1.165) is 12.5 Å². The molecule has 0 spiro atoms. The Morgan fingerprint density at radius 3 is 2.67 bits per heavy atom. The van der Waals surface area contributed by atoms with Crippen molar-refractivity contribution in [2.75, 3.05) is 46.4 Å². The van der Waals surface area contributed by atoms with Crippen molar-refractivity contribution in [1.29, 1.82) is 0 Å². The molecule has 0 aliphatic carbocycles. The molecule has 0 bridgehead atoms. The van der Waals surface area contributed by atoms with Crippen molar-refractivity contribution in [3.63, 3.8) is 0 Å². The number of aliphatic hydroxyl groups is 1. The van der Waals surface area contributed by atoms with Gasteiger partial charge in [0.25, 0.3) is 0 Å². The highest BCUT2D eigenvalue weighted by molar-refractivity contribution is 4.79. The summed E-state index contributed by atoms with van der Waals surface area (Å²) in [5.41, 5.74) is 0. The third kappa shape index (κ3) is 3.16. The predicted octanol–water partition coefficient (Wildman–Crippen LogP) is 0.642. The van der Waals surface area contributed by atoms with E-state index in [4.69, 9.17) is 5.11 Å². The number of hydrogen-bond donors (Lipinski definition) is 1. The van der Waals surface area contributed by atoms with Crippen LogP contribution in [0.4, 0.5) is 0 Å². The van der Waals surface area contributed by atoms with E-state index >= 15 is 0 Å². The van der Waals surface area contributed by atoms with Crippen LogP contribution >= 0.6 is 0 Å². The fourth-order valence-corrected chi connectivity index (χ4v) is 3.02. The summed E-state index contributed by atoms with van der Waals surface area (Å²) >= 11 is 0. The van der Waals surface area contributed by atoms with E-state index in [9.17, 15) is 0 Å². The third-order valence-corrected chi connectivity index (χ3v) is 3.87. The molecule has 3 nitrogen and oxygen atoms in total. The molecule has 2 aliphatic heterocycles. The summed E-state index contributed by atoms with van der Waals surface area (Å²) in [6, 6.07) is 0. The van der Waals surface area contributed by atoms with Crippen LogP contribution in [0.15, 0.2) is 0 Å². The Labute approximate surface area is 93.1 Å². The van der Waals surface area contributed by atoms with Gasteiger partial charge in [0.05, 0.1) is 0 Å². The van der Waals surface area contributed by atoms with Gasteiger partial charge >= 0.3 is 0 Å². The SMILES string of the molecule is CN1CCCC(CN2CCC(CO)C2)C1. The van der Waals surface area contributed by atoms with Crippen molar-refractivity contribution >= 4 is 0 Å². The highest BCUT2D eigenvalue weighted by atomic mass is 16.3. The molecule has 88 valence electrons. The summed E-state index contributed by atoms with van der Waals surface area (Å²) in [6.45, 7) is 6.49. The van der Waals surface area contributed by atoms with Gasteiger partial charge in [-0.1, -0.05) is 0 Å². The van der Waals surface area contributed by atoms with Crippen molar-refractivity contribution in [3.8, 4) is 0 Å². The Bertz CT molecular complexity index is 198. The summed E-state index contributed by atoms with van der Waals surface area (Å²) in [7, 11) is 2.23. The average molecular weight is 212 g/mol. The lowest BCUT2D eigenvalue weighted by molar-refractivity contribution is 0.158. The lowest BCUT2D eigenvalue weighted by atomic mass is 9.98. The van der Waals surface area contributed by atoms with Crippen LogP contribution in [0.3, 0.4) is 0 Å². The van der Waals surface area contributed by atoms with Gasteiger partial charge in [-0.05, 0) is 51.2 Å². The summed E-state index contributed by atoms with van der Waals surface area (Å²) in [6.07, 6.45) is 3.95. The first kappa shape index (κ1) is 11.4. The Morgan fingerprint density at radius 1 is 1.13 bits per heavy atom. The van der Waals surface area contributed by atoms with E-state index in [1.807, 2.05) is 0 Å². The van der Waals surface area contributed by atoms with Gasteiger partial charge in [0.1, 0.15) is 0 Å². The number of likely N-dealkylation sites (tertiary alicyclic amines) is 2. The zero-order chi connectivity index (χ0) is 10.7. The van der Waals surface area contributed by atoms with E-state index in [-0.39, 0.29) is 0 Å². The highest BCUT2D eigenvalue weighted by Crippen LogP contribution is 2.21. The molecule has 2 saturated heterocycles. The van der Waals surface area contributed by atoms with E-state index in [1.54, 1.807) is 0 Å². The zero-order valence-electron chi connectivity index (χ0n) is 9.86. The van der Waals surface area contributed by atoms with Crippen LogP contribution in [0.1, 0.15) is 19.3 Å². The van der Waals surface area contributed by atoms with Crippen LogP contribution in [-0.4, -0.2) is 61.3 Å². The molecule has 3 heteroatoms. The van der Waals surface area contributed by atoms with Gasteiger partial charge in [-0.15, -0.1) is 0 Å². The maximum atomic E-state index is 9.10. The van der Waals surface area contributed by atoms with Gasteiger partial charge < -0.3 is 14.9 Å². The Balaban J connectivity index is 1.72. The smallest absolute Gasteiger partial charge is 0.0471 e. The lowest BCUT2D eigenvalue weighted by Crippen LogP contribution is -2.38. The number of nitrogens with zero attached hydrogens (tertiary/aromatic N) is 2. The third-order valence-electron chi connectivity index (χ3n) is 3.87. The fraction of sp³-hybridized carbons (Fsp3) is 1.00. The molecule has 2 rings (SSSR count). The second-order valence-electron chi connectivity index (χ2n) is 5.37. The van der Waals surface area contributed by atoms with Crippen molar-refractivity contribution in [2.45, 2.75) is 19.3 Å². The van der Waals surface area contributed by atoms with Crippen LogP contribution < -0.4 is 0 Å². The van der Waals surface area contributed by atoms with Crippen molar-refractivity contribution in [1.82, 2.24) is 9.80 Å². The summed E-state index contributed by atoms with van der Waals surface area (Å²) in [4.78, 5) is 5.00. The van der Waals surface area contributed by atoms with Gasteiger partial charge in [0.15, 0.2) is 0 Å². The van der Waals surface area contributed by atoms with Crippen LogP contribution in [0.5, 0.6) is 0 Å². The van der Waals surface area contributed by atoms with Gasteiger partial charge in [-0.2, -0.15) is 0 Å². The minimum Gasteiger partial charge on any atom is -0.396 e. The molecule has 0 aromatic heterocycles. The number of rotatable bonds is 3. The molecule has 1 N–H and O–H groups in total. The standard InChI is InChI=1S/C12H24N2O/c1-13-5-2-3-11(7-13)8-14-6-4-12(9-14)10-15/h11-12,15H,2-10H2,1H3. The first-order valence-corrected chi connectivity index (χ1v) is 6.29. The quantitative estimate of drug-likeness (QED) is 0.744. The van der Waals surface area contributed by atoms with E-state index < -0.39 is 0 Å². The van der Waals surface area contributed by atoms with Crippen LogP contribution in [-0.2, 0) is 0 Å². The second-order valence-corrected chi connectivity index (χ2v) is 5.37. The van der Waals surface area contributed by atoms with E-state index in [1.165, 1.54) is 45.4 Å². The van der Waals surface area contributed by atoms with Crippen LogP contribution in [0.25, 0.3) is 0 Å². The molecule has 0 saturated carbocycles. The Kier molecular flexibility index (Phi) is 4.00. The van der Waals surface area contributed by atoms with Gasteiger partial charge in [0, 0.05) is 26.2 Å². The lowest BCUT2D eigenvalue weighted by Gasteiger charge is -2.32. The van der Waals surface area contributed by atoms with E-state index in [0.29, 0.717) is 12.5 Å². The summed E-state index contributed by atoms with van der Waals surface area (Å²) < 4.78 is 0. The molecule has 2 fully saturated rings. The molecular formula is C12H24N2O. The summed E-state index contributed by atoms with van der Waals surface area (Å²) in [5.74, 6) is 1.41. The first-order chi connectivity index (χ1) is 7.28. The topological polar surface area (TPSA) is 26.7 Å². The molecule has 15 heavy (non-hydrogen) atoms. The van der Waals surface area contributed by atoms with Crippen LogP contribution in [0, 0.1) is 11.8 Å². The average Bonchev–Trinajstić information content (AvgIpc) is 2.65. The largest absolute Gasteiger partial charge is 0.396 e. The van der Waals surface area contributed by atoms with Gasteiger partial charge in [-0.3, -0.25) is 0 Å². The molecule has 0 radical (unpaired) electrons. The van der Waals surface area contributed by atoms with Crippen LogP contribution in [0.2, 0.25) is 0 Å². The maximum Gasteiger partial charge on any atom is 0.0471 e. The zero-order valence-corrected chi connectivity index (χ0v) is 9.86. The fourth-order valence-electron chi connectivity index (χ4n) is 3.02. The minimum absolute atomic E-state index is 0.376. The predicted molar refractivity (Wildman–Crippen MR) is 61.9 cm³/mol. The molecule has 2 unspecified atom stereocenters. The highest BCUT2D eigenvalue weighted by Gasteiger charge is 2.25. The molecule has 0 aromatic carbocycles. The molecule has 2 heterocycles.